The fraction of sp³-hybridized carbons (Fsp3) is 0.778. The first-order valence-electron chi connectivity index (χ1n) is 4.40. The molecule has 0 heterocycles. The number of carboxylic acids is 1. The van der Waals surface area contributed by atoms with E-state index in [9.17, 15) is 9.59 Å². The van der Waals surface area contributed by atoms with E-state index in [1.54, 1.807) is 0 Å². The second-order valence-electron chi connectivity index (χ2n) is 3.41. The zero-order valence-corrected chi connectivity index (χ0v) is 7.30. The first-order valence-corrected chi connectivity index (χ1v) is 4.40. The van der Waals surface area contributed by atoms with Crippen LogP contribution < -0.4 is 0 Å². The number of aliphatic carboxylic acids is 1. The number of carbonyl (C=O) groups is 2. The van der Waals surface area contributed by atoms with Crippen molar-refractivity contribution in [1.82, 2.24) is 0 Å². The van der Waals surface area contributed by atoms with Crippen LogP contribution in [0.2, 0.25) is 0 Å². The van der Waals surface area contributed by atoms with Gasteiger partial charge in [-0.3, -0.25) is 9.59 Å². The number of rotatable bonds is 5. The molecule has 0 bridgehead atoms. The molecule has 68 valence electrons. The Balaban J connectivity index is 2.47. The van der Waals surface area contributed by atoms with Gasteiger partial charge in [0.15, 0.2) is 0 Å². The highest BCUT2D eigenvalue weighted by molar-refractivity contribution is 6.05. The first kappa shape index (κ1) is 9.23. The zero-order chi connectivity index (χ0) is 9.19. The molecule has 1 rings (SSSR count). The van der Waals surface area contributed by atoms with Crippen molar-refractivity contribution in [2.45, 2.75) is 39.0 Å². The van der Waals surface area contributed by atoms with Crippen LogP contribution in [0.25, 0.3) is 0 Å². The summed E-state index contributed by atoms with van der Waals surface area (Å²) in [6, 6.07) is 0. The van der Waals surface area contributed by atoms with Crippen molar-refractivity contribution in [2.75, 3.05) is 0 Å². The van der Waals surface area contributed by atoms with Gasteiger partial charge >= 0.3 is 5.97 Å². The number of hydrogen-bond donors (Lipinski definition) is 1. The molecule has 0 amide bonds. The lowest BCUT2D eigenvalue weighted by atomic mass is 9.97. The van der Waals surface area contributed by atoms with Crippen molar-refractivity contribution in [2.24, 2.45) is 5.41 Å². The average molecular weight is 170 g/mol. The predicted octanol–water partition coefficient (Wildman–Crippen LogP) is 1.61. The molecule has 1 N–H and O–H groups in total. The molecule has 1 aliphatic carbocycles. The summed E-state index contributed by atoms with van der Waals surface area (Å²) in [5.41, 5.74) is -0.963. The molecule has 3 heteroatoms. The number of Topliss-reactive ketones (excluding diaryl/α,β-unsaturated/α-hetero) is 1. The molecule has 3 nitrogen and oxygen atoms in total. The molecule has 12 heavy (non-hydrogen) atoms. The minimum absolute atomic E-state index is 0.0724. The van der Waals surface area contributed by atoms with Crippen LogP contribution in [0, 0.1) is 5.41 Å². The van der Waals surface area contributed by atoms with Gasteiger partial charge in [-0.1, -0.05) is 13.3 Å². The van der Waals surface area contributed by atoms with Gasteiger partial charge in [0, 0.05) is 6.42 Å². The van der Waals surface area contributed by atoms with Gasteiger partial charge in [0.25, 0.3) is 0 Å². The van der Waals surface area contributed by atoms with E-state index in [-0.39, 0.29) is 5.78 Å². The van der Waals surface area contributed by atoms with Crippen molar-refractivity contribution in [3.63, 3.8) is 0 Å². The number of carboxylic acid groups (broad SMARTS) is 1. The Bertz CT molecular complexity index is 204. The molecule has 0 aromatic heterocycles. The maximum absolute atomic E-state index is 11.3. The third kappa shape index (κ3) is 1.49. The van der Waals surface area contributed by atoms with Crippen LogP contribution in [0.15, 0.2) is 0 Å². The van der Waals surface area contributed by atoms with Crippen LogP contribution in [0.4, 0.5) is 0 Å². The summed E-state index contributed by atoms with van der Waals surface area (Å²) in [6.07, 6.45) is 3.29. The van der Waals surface area contributed by atoms with E-state index in [0.29, 0.717) is 19.3 Å². The summed E-state index contributed by atoms with van der Waals surface area (Å²) < 4.78 is 0. The van der Waals surface area contributed by atoms with E-state index in [1.807, 2.05) is 6.92 Å². The second kappa shape index (κ2) is 3.25. The van der Waals surface area contributed by atoms with E-state index in [1.165, 1.54) is 0 Å². The maximum atomic E-state index is 11.3. The zero-order valence-electron chi connectivity index (χ0n) is 7.30. The van der Waals surface area contributed by atoms with E-state index in [4.69, 9.17) is 5.11 Å². The molecule has 0 aliphatic heterocycles. The molecule has 1 aliphatic rings. The largest absolute Gasteiger partial charge is 0.480 e. The van der Waals surface area contributed by atoms with E-state index < -0.39 is 11.4 Å². The Labute approximate surface area is 71.8 Å². The fourth-order valence-electron chi connectivity index (χ4n) is 1.31. The smallest absolute Gasteiger partial charge is 0.317 e. The Morgan fingerprint density at radius 1 is 1.42 bits per heavy atom. The van der Waals surface area contributed by atoms with Crippen LogP contribution in [0.3, 0.4) is 0 Å². The lowest BCUT2D eigenvalue weighted by molar-refractivity contribution is -0.148. The minimum atomic E-state index is -0.963. The van der Waals surface area contributed by atoms with Gasteiger partial charge in [-0.15, -0.1) is 0 Å². The van der Waals surface area contributed by atoms with Gasteiger partial charge in [-0.25, -0.2) is 0 Å². The molecule has 1 saturated carbocycles. The summed E-state index contributed by atoms with van der Waals surface area (Å²) in [5, 5.41) is 8.75. The number of ketones is 1. The Morgan fingerprint density at radius 3 is 2.33 bits per heavy atom. The molecule has 0 aromatic rings. The molecule has 1 fully saturated rings. The highest BCUT2D eigenvalue weighted by atomic mass is 16.4. The monoisotopic (exact) mass is 170 g/mol. The number of unbranched alkanes of at least 4 members (excludes halogenated alkanes) is 1. The standard InChI is InChI=1S/C9H14O3/c1-2-3-4-7(10)9(5-6-9)8(11)12/h2-6H2,1H3,(H,11,12). The predicted molar refractivity (Wildman–Crippen MR) is 43.8 cm³/mol. The first-order chi connectivity index (χ1) is 5.63. The van der Waals surface area contributed by atoms with Crippen LogP contribution in [0.1, 0.15) is 39.0 Å². The normalized spacial score (nSPS) is 18.8. The van der Waals surface area contributed by atoms with Crippen molar-refractivity contribution >= 4 is 11.8 Å². The molecule has 0 atom stereocenters. The molecule has 0 saturated heterocycles. The number of hydrogen-bond acceptors (Lipinski definition) is 2. The van der Waals surface area contributed by atoms with Gasteiger partial charge in [-0.2, -0.15) is 0 Å². The van der Waals surface area contributed by atoms with Crippen molar-refractivity contribution in [3.8, 4) is 0 Å². The second-order valence-corrected chi connectivity index (χ2v) is 3.41. The van der Waals surface area contributed by atoms with Crippen molar-refractivity contribution in [1.29, 1.82) is 0 Å². The van der Waals surface area contributed by atoms with Gasteiger partial charge < -0.3 is 5.11 Å². The highest BCUT2D eigenvalue weighted by Crippen LogP contribution is 2.47. The summed E-state index contributed by atoms with van der Waals surface area (Å²) in [4.78, 5) is 22.0. The van der Waals surface area contributed by atoms with Crippen LogP contribution in [-0.4, -0.2) is 16.9 Å². The lowest BCUT2D eigenvalue weighted by Crippen LogP contribution is -2.25. The quantitative estimate of drug-likeness (QED) is 0.638. The van der Waals surface area contributed by atoms with Crippen molar-refractivity contribution < 1.29 is 14.7 Å². The molecule has 0 radical (unpaired) electrons. The van der Waals surface area contributed by atoms with E-state index >= 15 is 0 Å². The minimum Gasteiger partial charge on any atom is -0.480 e. The Morgan fingerprint density at radius 2 is 2.00 bits per heavy atom. The topological polar surface area (TPSA) is 54.4 Å². The summed E-state index contributed by atoms with van der Waals surface area (Å²) >= 11 is 0. The molecule has 0 aromatic carbocycles. The molecule has 0 unspecified atom stereocenters. The third-order valence-electron chi connectivity index (χ3n) is 2.45. The average Bonchev–Trinajstić information content (AvgIpc) is 2.80. The highest BCUT2D eigenvalue weighted by Gasteiger charge is 2.55. The summed E-state index contributed by atoms with van der Waals surface area (Å²) in [6.45, 7) is 1.99. The van der Waals surface area contributed by atoms with Gasteiger partial charge in [0.1, 0.15) is 11.2 Å². The summed E-state index contributed by atoms with van der Waals surface area (Å²) in [5.74, 6) is -1.000. The van der Waals surface area contributed by atoms with Crippen LogP contribution in [-0.2, 0) is 9.59 Å². The molecular formula is C9H14O3. The van der Waals surface area contributed by atoms with Gasteiger partial charge in [-0.05, 0) is 19.3 Å². The van der Waals surface area contributed by atoms with Crippen LogP contribution in [0.5, 0.6) is 0 Å². The van der Waals surface area contributed by atoms with E-state index in [2.05, 4.69) is 0 Å². The number of carbonyl (C=O) groups excluding carboxylic acids is 1. The SMILES string of the molecule is CCCCC(=O)C1(C(=O)O)CC1. The maximum Gasteiger partial charge on any atom is 0.317 e. The van der Waals surface area contributed by atoms with Gasteiger partial charge in [0.05, 0.1) is 0 Å². The Kier molecular flexibility index (Phi) is 2.50. The Hall–Kier alpha value is -0.860. The third-order valence-corrected chi connectivity index (χ3v) is 2.45. The van der Waals surface area contributed by atoms with Gasteiger partial charge in [0.2, 0.25) is 0 Å². The van der Waals surface area contributed by atoms with E-state index in [0.717, 1.165) is 12.8 Å². The summed E-state index contributed by atoms with van der Waals surface area (Å²) in [7, 11) is 0. The molecular weight excluding hydrogens is 156 g/mol. The molecule has 0 spiro atoms. The fourth-order valence-corrected chi connectivity index (χ4v) is 1.31. The lowest BCUT2D eigenvalue weighted by Gasteiger charge is -2.06. The van der Waals surface area contributed by atoms with Crippen LogP contribution >= 0.6 is 0 Å². The van der Waals surface area contributed by atoms with Crippen molar-refractivity contribution in [3.05, 3.63) is 0 Å².